The minimum atomic E-state index is -0.0707. The van der Waals surface area contributed by atoms with Crippen LogP contribution >= 0.6 is 0 Å². The third-order valence-electron chi connectivity index (χ3n) is 2.40. The van der Waals surface area contributed by atoms with E-state index in [0.717, 1.165) is 17.1 Å². The van der Waals surface area contributed by atoms with Crippen molar-refractivity contribution in [3.05, 3.63) is 42.2 Å². The molecule has 1 aliphatic rings. The Balaban J connectivity index is 1.89. The van der Waals surface area contributed by atoms with Gasteiger partial charge in [0.1, 0.15) is 6.61 Å². The molecule has 1 atom stereocenters. The molecule has 0 saturated heterocycles. The first-order chi connectivity index (χ1) is 7.43. The van der Waals surface area contributed by atoms with E-state index in [0.29, 0.717) is 6.61 Å². The second kappa shape index (κ2) is 3.31. The van der Waals surface area contributed by atoms with Crippen LogP contribution in [-0.2, 0) is 0 Å². The molecule has 1 aliphatic heterocycles. The van der Waals surface area contributed by atoms with Gasteiger partial charge in [0.15, 0.2) is 17.6 Å². The summed E-state index contributed by atoms with van der Waals surface area (Å²) in [5, 5.41) is 6.66. The summed E-state index contributed by atoms with van der Waals surface area (Å²) in [6.45, 7) is 0.524. The number of rotatable bonds is 1. The number of aromatic amines is 1. The zero-order valence-electron chi connectivity index (χ0n) is 8.01. The molecule has 4 nitrogen and oxygen atoms in total. The summed E-state index contributed by atoms with van der Waals surface area (Å²) in [6.07, 6.45) is 3.50. The number of nitrogens with zero attached hydrogens (tertiary/aromatic N) is 1. The van der Waals surface area contributed by atoms with Crippen molar-refractivity contribution in [2.24, 2.45) is 0 Å². The van der Waals surface area contributed by atoms with Gasteiger partial charge in [-0.15, -0.1) is 0 Å². The summed E-state index contributed by atoms with van der Waals surface area (Å²) < 4.78 is 11.4. The van der Waals surface area contributed by atoms with E-state index in [9.17, 15) is 0 Å². The number of fused-ring (bicyclic) bond motifs is 1. The lowest BCUT2D eigenvalue weighted by Crippen LogP contribution is -2.20. The minimum Gasteiger partial charge on any atom is -0.485 e. The molecule has 0 aliphatic carbocycles. The van der Waals surface area contributed by atoms with Crippen LogP contribution in [0.4, 0.5) is 0 Å². The van der Waals surface area contributed by atoms with Crippen molar-refractivity contribution in [3.8, 4) is 11.5 Å². The number of benzene rings is 1. The molecule has 0 amide bonds. The summed E-state index contributed by atoms with van der Waals surface area (Å²) in [7, 11) is 0. The highest BCUT2D eigenvalue weighted by molar-refractivity contribution is 5.41. The molecule has 15 heavy (non-hydrogen) atoms. The third kappa shape index (κ3) is 1.44. The molecule has 3 rings (SSSR count). The number of H-pyrrole nitrogens is 1. The van der Waals surface area contributed by atoms with Crippen molar-refractivity contribution in [2.75, 3.05) is 6.61 Å². The molecule has 0 bridgehead atoms. The highest BCUT2D eigenvalue weighted by Gasteiger charge is 2.22. The van der Waals surface area contributed by atoms with Gasteiger partial charge in [-0.1, -0.05) is 12.1 Å². The monoisotopic (exact) mass is 202 g/mol. The van der Waals surface area contributed by atoms with Gasteiger partial charge >= 0.3 is 0 Å². The Kier molecular flexibility index (Phi) is 1.84. The molecule has 0 saturated carbocycles. The quantitative estimate of drug-likeness (QED) is 0.768. The van der Waals surface area contributed by atoms with Gasteiger partial charge in [0, 0.05) is 11.8 Å². The Labute approximate surface area is 86.8 Å². The molecule has 0 radical (unpaired) electrons. The SMILES string of the molecule is c1ccc2c(c1)OCC(c1cn[nH]c1)O2. The van der Waals surface area contributed by atoms with E-state index in [-0.39, 0.29) is 6.10 Å². The van der Waals surface area contributed by atoms with Crippen molar-refractivity contribution in [2.45, 2.75) is 6.10 Å². The van der Waals surface area contributed by atoms with Gasteiger partial charge in [-0.3, -0.25) is 5.10 Å². The number of ether oxygens (including phenoxy) is 2. The molecule has 1 aromatic heterocycles. The van der Waals surface area contributed by atoms with Crippen LogP contribution in [0.1, 0.15) is 11.7 Å². The topological polar surface area (TPSA) is 47.1 Å². The summed E-state index contributed by atoms with van der Waals surface area (Å²) >= 11 is 0. The molecule has 76 valence electrons. The lowest BCUT2D eigenvalue weighted by atomic mass is 10.2. The lowest BCUT2D eigenvalue weighted by Gasteiger charge is -2.25. The number of aromatic nitrogens is 2. The Bertz CT molecular complexity index is 453. The van der Waals surface area contributed by atoms with E-state index in [1.54, 1.807) is 6.20 Å². The normalized spacial score (nSPS) is 18.8. The fraction of sp³-hybridized carbons (Fsp3) is 0.182. The smallest absolute Gasteiger partial charge is 0.162 e. The van der Waals surface area contributed by atoms with Crippen LogP contribution in [-0.4, -0.2) is 16.8 Å². The van der Waals surface area contributed by atoms with E-state index in [1.807, 2.05) is 30.5 Å². The van der Waals surface area contributed by atoms with Crippen LogP contribution in [0.5, 0.6) is 11.5 Å². The summed E-state index contributed by atoms with van der Waals surface area (Å²) in [4.78, 5) is 0. The number of hydrogen-bond acceptors (Lipinski definition) is 3. The Morgan fingerprint density at radius 3 is 2.93 bits per heavy atom. The zero-order chi connectivity index (χ0) is 10.1. The Hall–Kier alpha value is -1.97. The fourth-order valence-corrected chi connectivity index (χ4v) is 1.62. The molecule has 0 spiro atoms. The van der Waals surface area contributed by atoms with Crippen LogP contribution in [0.2, 0.25) is 0 Å². The van der Waals surface area contributed by atoms with E-state index in [2.05, 4.69) is 10.2 Å². The first-order valence-corrected chi connectivity index (χ1v) is 4.80. The predicted molar refractivity (Wildman–Crippen MR) is 53.9 cm³/mol. The maximum atomic E-state index is 5.79. The lowest BCUT2D eigenvalue weighted by molar-refractivity contribution is 0.0913. The molecular formula is C11H10N2O2. The average Bonchev–Trinajstić information content (AvgIpc) is 2.82. The summed E-state index contributed by atoms with van der Waals surface area (Å²) in [5.74, 6) is 1.59. The number of hydrogen-bond donors (Lipinski definition) is 1. The fourth-order valence-electron chi connectivity index (χ4n) is 1.62. The second-order valence-electron chi connectivity index (χ2n) is 3.40. The molecule has 2 heterocycles. The molecule has 1 unspecified atom stereocenters. The zero-order valence-corrected chi connectivity index (χ0v) is 8.01. The van der Waals surface area contributed by atoms with Gasteiger partial charge < -0.3 is 9.47 Å². The summed E-state index contributed by atoms with van der Waals surface area (Å²) in [6, 6.07) is 7.67. The van der Waals surface area contributed by atoms with E-state index in [1.165, 1.54) is 0 Å². The second-order valence-corrected chi connectivity index (χ2v) is 3.40. The van der Waals surface area contributed by atoms with Crippen LogP contribution < -0.4 is 9.47 Å². The van der Waals surface area contributed by atoms with Gasteiger partial charge in [-0.2, -0.15) is 5.10 Å². The highest BCUT2D eigenvalue weighted by atomic mass is 16.6. The Morgan fingerprint density at radius 1 is 1.27 bits per heavy atom. The number of para-hydroxylation sites is 2. The Morgan fingerprint density at radius 2 is 2.13 bits per heavy atom. The van der Waals surface area contributed by atoms with Gasteiger partial charge in [-0.05, 0) is 12.1 Å². The minimum absolute atomic E-state index is 0.0707. The van der Waals surface area contributed by atoms with E-state index >= 15 is 0 Å². The van der Waals surface area contributed by atoms with Crippen molar-refractivity contribution in [1.82, 2.24) is 10.2 Å². The maximum absolute atomic E-state index is 5.79. The maximum Gasteiger partial charge on any atom is 0.162 e. The van der Waals surface area contributed by atoms with Crippen molar-refractivity contribution < 1.29 is 9.47 Å². The average molecular weight is 202 g/mol. The standard InChI is InChI=1S/C11H10N2O2/c1-2-4-10-9(3-1)14-7-11(15-10)8-5-12-13-6-8/h1-6,11H,7H2,(H,12,13). The molecule has 1 aromatic carbocycles. The molecule has 0 fully saturated rings. The van der Waals surface area contributed by atoms with Gasteiger partial charge in [0.05, 0.1) is 6.20 Å². The molecule has 4 heteroatoms. The van der Waals surface area contributed by atoms with E-state index in [4.69, 9.17) is 9.47 Å². The highest BCUT2D eigenvalue weighted by Crippen LogP contribution is 2.35. The van der Waals surface area contributed by atoms with Crippen molar-refractivity contribution in [1.29, 1.82) is 0 Å². The predicted octanol–water partition coefficient (Wildman–Crippen LogP) is 1.92. The summed E-state index contributed by atoms with van der Waals surface area (Å²) in [5.41, 5.74) is 1.00. The van der Waals surface area contributed by atoms with Crippen LogP contribution in [0.3, 0.4) is 0 Å². The number of nitrogens with one attached hydrogen (secondary N) is 1. The van der Waals surface area contributed by atoms with Crippen molar-refractivity contribution in [3.63, 3.8) is 0 Å². The largest absolute Gasteiger partial charge is 0.485 e. The van der Waals surface area contributed by atoms with Gasteiger partial charge in [-0.25, -0.2) is 0 Å². The third-order valence-corrected chi connectivity index (χ3v) is 2.40. The first-order valence-electron chi connectivity index (χ1n) is 4.80. The first kappa shape index (κ1) is 8.35. The van der Waals surface area contributed by atoms with Gasteiger partial charge in [0.25, 0.3) is 0 Å². The van der Waals surface area contributed by atoms with Crippen LogP contribution in [0, 0.1) is 0 Å². The molecule has 2 aromatic rings. The van der Waals surface area contributed by atoms with Crippen molar-refractivity contribution >= 4 is 0 Å². The van der Waals surface area contributed by atoms with Crippen LogP contribution in [0.25, 0.3) is 0 Å². The van der Waals surface area contributed by atoms with Crippen LogP contribution in [0.15, 0.2) is 36.7 Å². The molecule has 1 N–H and O–H groups in total. The van der Waals surface area contributed by atoms with Gasteiger partial charge in [0.2, 0.25) is 0 Å². The molecular weight excluding hydrogens is 192 g/mol. The van der Waals surface area contributed by atoms with E-state index < -0.39 is 0 Å².